The number of methoxy groups -OCH3 is 1. The van der Waals surface area contributed by atoms with Crippen molar-refractivity contribution in [3.63, 3.8) is 0 Å². The van der Waals surface area contributed by atoms with E-state index in [0.717, 1.165) is 15.6 Å². The molecule has 2 aromatic carbocycles. The van der Waals surface area contributed by atoms with Crippen LogP contribution in [0.15, 0.2) is 53.0 Å². The lowest BCUT2D eigenvalue weighted by Crippen LogP contribution is -2.34. The number of urea groups is 1. The molecule has 120 valence electrons. The fourth-order valence-electron chi connectivity index (χ4n) is 1.94. The van der Waals surface area contributed by atoms with Gasteiger partial charge in [-0.3, -0.25) is 0 Å². The van der Waals surface area contributed by atoms with Gasteiger partial charge in [0.05, 0.1) is 12.7 Å². The van der Waals surface area contributed by atoms with Crippen LogP contribution in [0.5, 0.6) is 0 Å². The predicted molar refractivity (Wildman–Crippen MR) is 91.0 cm³/mol. The van der Waals surface area contributed by atoms with Gasteiger partial charge in [0.1, 0.15) is 0 Å². The summed E-state index contributed by atoms with van der Waals surface area (Å²) in [5.41, 5.74) is 2.38. The molecular formula is C17H17BrN2O3. The molecule has 0 heterocycles. The van der Waals surface area contributed by atoms with Gasteiger partial charge in [-0.1, -0.05) is 46.3 Å². The zero-order valence-electron chi connectivity index (χ0n) is 12.6. The van der Waals surface area contributed by atoms with Gasteiger partial charge in [-0.05, 0) is 29.3 Å². The maximum absolute atomic E-state index is 11.8. The summed E-state index contributed by atoms with van der Waals surface area (Å²) in [7, 11) is 1.34. The van der Waals surface area contributed by atoms with E-state index in [0.29, 0.717) is 18.7 Å². The molecule has 0 aliphatic heterocycles. The molecule has 0 saturated carbocycles. The quantitative estimate of drug-likeness (QED) is 0.787. The molecule has 0 aromatic heterocycles. The largest absolute Gasteiger partial charge is 0.465 e. The molecule has 0 unspecified atom stereocenters. The topological polar surface area (TPSA) is 67.4 Å². The van der Waals surface area contributed by atoms with Crippen LogP contribution in [0.4, 0.5) is 4.79 Å². The third-order valence-electron chi connectivity index (χ3n) is 3.23. The van der Waals surface area contributed by atoms with Crippen LogP contribution in [0.1, 0.15) is 21.5 Å². The van der Waals surface area contributed by atoms with Crippen LogP contribution in [0.25, 0.3) is 0 Å². The zero-order valence-corrected chi connectivity index (χ0v) is 14.2. The monoisotopic (exact) mass is 376 g/mol. The van der Waals surface area contributed by atoms with Crippen LogP contribution < -0.4 is 10.6 Å². The summed E-state index contributed by atoms with van der Waals surface area (Å²) in [6.45, 7) is 0.817. The van der Waals surface area contributed by atoms with Crippen LogP contribution in [-0.2, 0) is 17.8 Å². The van der Waals surface area contributed by atoms with E-state index in [2.05, 4.69) is 31.3 Å². The van der Waals surface area contributed by atoms with E-state index in [9.17, 15) is 9.59 Å². The lowest BCUT2D eigenvalue weighted by atomic mass is 10.1. The standard InChI is InChI=1S/C17H17BrN2O3/c1-23-16(21)13-8-6-12(7-9-13)10-19-17(22)20-11-14-4-2-3-5-15(14)18/h2-9H,10-11H2,1H3,(H2,19,20,22). The fraction of sp³-hybridized carbons (Fsp3) is 0.176. The van der Waals surface area contributed by atoms with Crippen molar-refractivity contribution in [2.45, 2.75) is 13.1 Å². The van der Waals surface area contributed by atoms with Crippen molar-refractivity contribution in [2.75, 3.05) is 7.11 Å². The number of hydrogen-bond acceptors (Lipinski definition) is 3. The van der Waals surface area contributed by atoms with Crippen molar-refractivity contribution in [2.24, 2.45) is 0 Å². The minimum absolute atomic E-state index is 0.252. The van der Waals surface area contributed by atoms with Crippen LogP contribution in [0.3, 0.4) is 0 Å². The maximum atomic E-state index is 11.8. The highest BCUT2D eigenvalue weighted by Crippen LogP contribution is 2.15. The zero-order chi connectivity index (χ0) is 16.7. The summed E-state index contributed by atoms with van der Waals surface area (Å²) in [6, 6.07) is 14.4. The van der Waals surface area contributed by atoms with Crippen molar-refractivity contribution in [1.29, 1.82) is 0 Å². The van der Waals surface area contributed by atoms with Gasteiger partial charge in [-0.15, -0.1) is 0 Å². The van der Waals surface area contributed by atoms with Gasteiger partial charge >= 0.3 is 12.0 Å². The van der Waals surface area contributed by atoms with Gasteiger partial charge in [-0.2, -0.15) is 0 Å². The molecular weight excluding hydrogens is 360 g/mol. The summed E-state index contributed by atoms with van der Waals surface area (Å²) in [5, 5.41) is 5.56. The summed E-state index contributed by atoms with van der Waals surface area (Å²) in [5.74, 6) is -0.379. The molecule has 2 N–H and O–H groups in total. The first-order valence-electron chi connectivity index (χ1n) is 7.02. The van der Waals surface area contributed by atoms with Crippen LogP contribution in [0.2, 0.25) is 0 Å². The summed E-state index contributed by atoms with van der Waals surface area (Å²) < 4.78 is 5.59. The van der Waals surface area contributed by atoms with Gasteiger partial charge in [0, 0.05) is 17.6 Å². The summed E-state index contributed by atoms with van der Waals surface area (Å²) in [4.78, 5) is 23.1. The third-order valence-corrected chi connectivity index (χ3v) is 4.00. The SMILES string of the molecule is COC(=O)c1ccc(CNC(=O)NCc2ccccc2Br)cc1. The van der Waals surface area contributed by atoms with Gasteiger partial charge in [0.25, 0.3) is 0 Å². The number of carbonyl (C=O) groups excluding carboxylic acids is 2. The van der Waals surface area contributed by atoms with Crippen LogP contribution in [0, 0.1) is 0 Å². The third kappa shape index (κ3) is 5.10. The fourth-order valence-corrected chi connectivity index (χ4v) is 2.36. The molecule has 0 aliphatic rings. The van der Waals surface area contributed by atoms with Gasteiger partial charge in [0.2, 0.25) is 0 Å². The highest BCUT2D eigenvalue weighted by Gasteiger charge is 2.06. The number of benzene rings is 2. The number of rotatable bonds is 5. The molecule has 0 radical (unpaired) electrons. The van der Waals surface area contributed by atoms with Crippen molar-refractivity contribution >= 4 is 27.9 Å². The van der Waals surface area contributed by atoms with Crippen molar-refractivity contribution < 1.29 is 14.3 Å². The van der Waals surface area contributed by atoms with E-state index in [-0.39, 0.29) is 12.0 Å². The average Bonchev–Trinajstić information content (AvgIpc) is 2.59. The molecule has 0 atom stereocenters. The Hall–Kier alpha value is -2.34. The Balaban J connectivity index is 1.80. The molecule has 2 aromatic rings. The van der Waals surface area contributed by atoms with E-state index in [4.69, 9.17) is 0 Å². The number of halogens is 1. The number of nitrogens with one attached hydrogen (secondary N) is 2. The minimum atomic E-state index is -0.379. The lowest BCUT2D eigenvalue weighted by molar-refractivity contribution is 0.0600. The van der Waals surface area contributed by atoms with Gasteiger partial charge in [-0.25, -0.2) is 9.59 Å². The number of amides is 2. The number of carbonyl (C=O) groups is 2. The van der Waals surface area contributed by atoms with Crippen molar-refractivity contribution in [3.05, 3.63) is 69.7 Å². The molecule has 23 heavy (non-hydrogen) atoms. The first-order valence-corrected chi connectivity index (χ1v) is 7.82. The van der Waals surface area contributed by atoms with Crippen LogP contribution >= 0.6 is 15.9 Å². The first kappa shape index (κ1) is 17.0. The van der Waals surface area contributed by atoms with E-state index < -0.39 is 0 Å². The van der Waals surface area contributed by atoms with Crippen molar-refractivity contribution in [1.82, 2.24) is 10.6 Å². The summed E-state index contributed by atoms with van der Waals surface area (Å²) in [6.07, 6.45) is 0. The molecule has 0 aliphatic carbocycles. The van der Waals surface area contributed by atoms with E-state index in [1.165, 1.54) is 7.11 Å². The molecule has 0 spiro atoms. The Morgan fingerprint density at radius 2 is 1.65 bits per heavy atom. The maximum Gasteiger partial charge on any atom is 0.337 e. The second kappa shape index (κ2) is 8.33. The van der Waals surface area contributed by atoms with E-state index >= 15 is 0 Å². The first-order chi connectivity index (χ1) is 11.1. The number of ether oxygens (including phenoxy) is 1. The Bertz CT molecular complexity index is 686. The van der Waals surface area contributed by atoms with E-state index in [1.807, 2.05) is 24.3 Å². The lowest BCUT2D eigenvalue weighted by Gasteiger charge is -2.09. The molecule has 2 amide bonds. The average molecular weight is 377 g/mol. The Kier molecular flexibility index (Phi) is 6.17. The molecule has 0 bridgehead atoms. The highest BCUT2D eigenvalue weighted by molar-refractivity contribution is 9.10. The number of hydrogen-bond donors (Lipinski definition) is 2. The second-order valence-corrected chi connectivity index (χ2v) is 5.67. The Labute approximate surface area is 143 Å². The number of esters is 1. The molecule has 6 heteroatoms. The Morgan fingerprint density at radius 1 is 1.00 bits per heavy atom. The predicted octanol–water partition coefficient (Wildman–Crippen LogP) is 3.24. The van der Waals surface area contributed by atoms with Crippen LogP contribution in [-0.4, -0.2) is 19.1 Å². The molecule has 5 nitrogen and oxygen atoms in total. The molecule has 0 saturated heterocycles. The minimum Gasteiger partial charge on any atom is -0.465 e. The highest BCUT2D eigenvalue weighted by atomic mass is 79.9. The normalized spacial score (nSPS) is 10.0. The Morgan fingerprint density at radius 3 is 2.30 bits per heavy atom. The molecule has 0 fully saturated rings. The summed E-state index contributed by atoms with van der Waals surface area (Å²) >= 11 is 3.44. The molecule has 2 rings (SSSR count). The second-order valence-electron chi connectivity index (χ2n) is 4.82. The van der Waals surface area contributed by atoms with E-state index in [1.54, 1.807) is 24.3 Å². The van der Waals surface area contributed by atoms with Gasteiger partial charge < -0.3 is 15.4 Å². The van der Waals surface area contributed by atoms with Gasteiger partial charge in [0.15, 0.2) is 0 Å². The van der Waals surface area contributed by atoms with Crippen molar-refractivity contribution in [3.8, 4) is 0 Å². The smallest absolute Gasteiger partial charge is 0.337 e.